The van der Waals surface area contributed by atoms with Crippen LogP contribution in [0, 0.1) is 0 Å². The summed E-state index contributed by atoms with van der Waals surface area (Å²) in [6, 6.07) is -0.155. The summed E-state index contributed by atoms with van der Waals surface area (Å²) >= 11 is 0. The Bertz CT molecular complexity index is 299. The summed E-state index contributed by atoms with van der Waals surface area (Å²) in [5.41, 5.74) is 5.46. The van der Waals surface area contributed by atoms with E-state index >= 15 is 0 Å². The molecule has 0 aliphatic rings. The highest BCUT2D eigenvalue weighted by molar-refractivity contribution is 7.92. The van der Waals surface area contributed by atoms with Gasteiger partial charge in [-0.15, -0.1) is 0 Å². The van der Waals surface area contributed by atoms with Crippen LogP contribution in [0.15, 0.2) is 0 Å². The van der Waals surface area contributed by atoms with Crippen LogP contribution in [0.5, 0.6) is 0 Å². The number of carbonyl (C=O) groups is 1. The summed E-state index contributed by atoms with van der Waals surface area (Å²) in [6.45, 7) is 4.29. The lowest BCUT2D eigenvalue weighted by molar-refractivity contribution is -0.118. The Morgan fingerprint density at radius 2 is 2.06 bits per heavy atom. The molecule has 0 radical (unpaired) electrons. The fourth-order valence-corrected chi connectivity index (χ4v) is 2.47. The number of amides is 1. The van der Waals surface area contributed by atoms with Gasteiger partial charge in [-0.3, -0.25) is 4.79 Å². The van der Waals surface area contributed by atoms with Crippen molar-refractivity contribution in [1.82, 2.24) is 5.32 Å². The van der Waals surface area contributed by atoms with Crippen molar-refractivity contribution in [2.45, 2.75) is 39.2 Å². The molecule has 0 fully saturated rings. The van der Waals surface area contributed by atoms with Gasteiger partial charge in [-0.1, -0.05) is 13.3 Å². The zero-order valence-electron chi connectivity index (χ0n) is 10.0. The molecule has 0 aromatic heterocycles. The van der Waals surface area contributed by atoms with Gasteiger partial charge in [-0.2, -0.15) is 0 Å². The van der Waals surface area contributed by atoms with Crippen molar-refractivity contribution in [3.05, 3.63) is 0 Å². The van der Waals surface area contributed by atoms with E-state index in [1.807, 2.05) is 6.92 Å². The predicted octanol–water partition coefficient (Wildman–Crippen LogP) is 0.0548. The fourth-order valence-electron chi connectivity index (χ4n) is 1.09. The minimum atomic E-state index is -3.31. The van der Waals surface area contributed by atoms with E-state index in [2.05, 4.69) is 5.32 Å². The predicted molar refractivity (Wildman–Crippen MR) is 64.8 cm³/mol. The average molecular weight is 250 g/mol. The molecule has 5 nitrogen and oxygen atoms in total. The van der Waals surface area contributed by atoms with E-state index in [4.69, 9.17) is 5.73 Å². The molecule has 0 spiro atoms. The summed E-state index contributed by atoms with van der Waals surface area (Å²) in [5.74, 6) is -0.868. The van der Waals surface area contributed by atoms with E-state index in [1.54, 1.807) is 6.92 Å². The molecule has 0 aliphatic carbocycles. The summed E-state index contributed by atoms with van der Waals surface area (Å²) in [7, 11) is -3.31. The molecule has 3 N–H and O–H groups in total. The lowest BCUT2D eigenvalue weighted by Gasteiger charge is -2.07. The molecule has 1 atom stereocenters. The molecule has 0 saturated carbocycles. The molecule has 6 heteroatoms. The Morgan fingerprint density at radius 3 is 2.56 bits per heavy atom. The number of carbonyl (C=O) groups excluding carboxylic acids is 1. The maximum absolute atomic E-state index is 11.5. The van der Waals surface area contributed by atoms with Gasteiger partial charge >= 0.3 is 0 Å². The van der Waals surface area contributed by atoms with Crippen LogP contribution in [0.3, 0.4) is 0 Å². The molecule has 1 amide bonds. The van der Waals surface area contributed by atoms with Crippen molar-refractivity contribution in [2.75, 3.05) is 18.1 Å². The summed E-state index contributed by atoms with van der Waals surface area (Å²) in [4.78, 5) is 11.3. The lowest BCUT2D eigenvalue weighted by Crippen LogP contribution is -2.32. The molecular formula is C10H22N2O3S. The van der Waals surface area contributed by atoms with Gasteiger partial charge in [0.25, 0.3) is 0 Å². The van der Waals surface area contributed by atoms with Crippen LogP contribution in [0.4, 0.5) is 0 Å². The van der Waals surface area contributed by atoms with Crippen LogP contribution in [0.1, 0.15) is 33.1 Å². The van der Waals surface area contributed by atoms with Crippen molar-refractivity contribution >= 4 is 15.7 Å². The number of unbranched alkanes of at least 4 members (excludes halogenated alkanes) is 1. The van der Waals surface area contributed by atoms with Crippen molar-refractivity contribution in [3.8, 4) is 0 Å². The topological polar surface area (TPSA) is 89.3 Å². The molecule has 0 aromatic rings. The third-order valence-corrected chi connectivity index (χ3v) is 3.65. The summed E-state index contributed by atoms with van der Waals surface area (Å²) < 4.78 is 22.9. The number of nitrogens with two attached hydrogens (primary N) is 1. The second-order valence-corrected chi connectivity index (χ2v) is 6.25. The Kier molecular flexibility index (Phi) is 7.33. The van der Waals surface area contributed by atoms with E-state index in [9.17, 15) is 13.2 Å². The Balaban J connectivity index is 3.91. The van der Waals surface area contributed by atoms with Gasteiger partial charge in [0.1, 0.15) is 5.75 Å². The summed E-state index contributed by atoms with van der Waals surface area (Å²) in [5, 5.41) is 2.58. The normalized spacial score (nSPS) is 13.4. The third-order valence-electron chi connectivity index (χ3n) is 2.09. The fraction of sp³-hybridized carbons (Fsp3) is 0.900. The van der Waals surface area contributed by atoms with Crippen molar-refractivity contribution < 1.29 is 13.2 Å². The monoisotopic (exact) mass is 250 g/mol. The van der Waals surface area contributed by atoms with Crippen molar-refractivity contribution in [2.24, 2.45) is 5.73 Å². The largest absolute Gasteiger partial charge is 0.355 e. The first-order valence-corrected chi connectivity index (χ1v) is 7.42. The van der Waals surface area contributed by atoms with E-state index in [-0.39, 0.29) is 11.8 Å². The van der Waals surface area contributed by atoms with Crippen LogP contribution in [0.25, 0.3) is 0 Å². The second kappa shape index (κ2) is 7.62. The number of nitrogens with one attached hydrogen (secondary N) is 1. The zero-order valence-corrected chi connectivity index (χ0v) is 10.8. The first kappa shape index (κ1) is 15.4. The number of sulfone groups is 1. The molecular weight excluding hydrogens is 228 g/mol. The molecule has 96 valence electrons. The molecule has 0 aliphatic heterocycles. The molecule has 0 heterocycles. The van der Waals surface area contributed by atoms with Gasteiger partial charge in [0.15, 0.2) is 9.84 Å². The minimum Gasteiger partial charge on any atom is -0.355 e. The van der Waals surface area contributed by atoms with E-state index < -0.39 is 21.5 Å². The Morgan fingerprint density at radius 1 is 1.44 bits per heavy atom. The van der Waals surface area contributed by atoms with E-state index in [1.165, 1.54) is 0 Å². The Labute approximate surface area is 97.7 Å². The third kappa shape index (κ3) is 8.67. The number of rotatable bonds is 8. The molecule has 0 saturated heterocycles. The van der Waals surface area contributed by atoms with Crippen molar-refractivity contribution in [1.29, 1.82) is 0 Å². The van der Waals surface area contributed by atoms with Gasteiger partial charge < -0.3 is 11.1 Å². The maximum atomic E-state index is 11.5. The highest BCUT2D eigenvalue weighted by Crippen LogP contribution is 1.97. The molecule has 0 bridgehead atoms. The maximum Gasteiger partial charge on any atom is 0.235 e. The quantitative estimate of drug-likeness (QED) is 0.596. The average Bonchev–Trinajstić information content (AvgIpc) is 2.15. The molecule has 0 aromatic carbocycles. The second-order valence-electron chi connectivity index (χ2n) is 4.06. The van der Waals surface area contributed by atoms with Crippen LogP contribution in [-0.2, 0) is 14.6 Å². The molecule has 16 heavy (non-hydrogen) atoms. The lowest BCUT2D eigenvalue weighted by atomic mass is 10.3. The van der Waals surface area contributed by atoms with Crippen LogP contribution in [-0.4, -0.2) is 38.4 Å². The highest BCUT2D eigenvalue weighted by atomic mass is 32.2. The first-order valence-electron chi connectivity index (χ1n) is 5.60. The van der Waals surface area contributed by atoms with Gasteiger partial charge in [-0.25, -0.2) is 8.42 Å². The number of hydrogen-bond acceptors (Lipinski definition) is 4. The van der Waals surface area contributed by atoms with E-state index in [0.717, 1.165) is 12.8 Å². The van der Waals surface area contributed by atoms with E-state index in [0.29, 0.717) is 13.0 Å². The zero-order chi connectivity index (χ0) is 12.6. The first-order chi connectivity index (χ1) is 7.37. The standard InChI is InChI=1S/C10H22N2O3S/c1-3-4-6-12-10(13)8-16(14,15)7-5-9(2)11/h9H,3-8,11H2,1-2H3,(H,12,13). The van der Waals surface area contributed by atoms with Gasteiger partial charge in [0.05, 0.1) is 5.75 Å². The highest BCUT2D eigenvalue weighted by Gasteiger charge is 2.16. The van der Waals surface area contributed by atoms with Crippen LogP contribution < -0.4 is 11.1 Å². The van der Waals surface area contributed by atoms with Crippen LogP contribution >= 0.6 is 0 Å². The Hall–Kier alpha value is -0.620. The summed E-state index contributed by atoms with van der Waals surface area (Å²) in [6.07, 6.45) is 2.23. The van der Waals surface area contributed by atoms with Gasteiger partial charge in [0.2, 0.25) is 5.91 Å². The smallest absolute Gasteiger partial charge is 0.235 e. The van der Waals surface area contributed by atoms with Crippen molar-refractivity contribution in [3.63, 3.8) is 0 Å². The molecule has 0 rings (SSSR count). The van der Waals surface area contributed by atoms with Gasteiger partial charge in [-0.05, 0) is 19.8 Å². The van der Waals surface area contributed by atoms with Gasteiger partial charge in [0, 0.05) is 12.6 Å². The SMILES string of the molecule is CCCCNC(=O)CS(=O)(=O)CCC(C)N. The number of hydrogen-bond donors (Lipinski definition) is 2. The minimum absolute atomic E-state index is 0.0220. The van der Waals surface area contributed by atoms with Crippen LogP contribution in [0.2, 0.25) is 0 Å². The molecule has 1 unspecified atom stereocenters.